The maximum absolute atomic E-state index is 12.4. The lowest BCUT2D eigenvalue weighted by Crippen LogP contribution is -2.53. The number of rotatable bonds is 5. The van der Waals surface area contributed by atoms with E-state index in [1.54, 1.807) is 11.8 Å². The largest absolute Gasteiger partial charge is 0.350 e. The lowest BCUT2D eigenvalue weighted by Gasteiger charge is -2.35. The summed E-state index contributed by atoms with van der Waals surface area (Å²) in [5.41, 5.74) is -0.327. The van der Waals surface area contributed by atoms with E-state index in [9.17, 15) is 14.4 Å². The second kappa shape index (κ2) is 9.06. The minimum Gasteiger partial charge on any atom is -0.350 e. The fraction of sp³-hybridized carbons (Fsp3) is 0.833. The first-order chi connectivity index (χ1) is 11.6. The Morgan fingerprint density at radius 1 is 1.12 bits per heavy atom. The van der Waals surface area contributed by atoms with Crippen LogP contribution in [0.4, 0.5) is 4.79 Å². The Kier molecular flexibility index (Phi) is 7.70. The van der Waals surface area contributed by atoms with Gasteiger partial charge in [0.1, 0.15) is 6.04 Å². The van der Waals surface area contributed by atoms with Crippen LogP contribution in [-0.2, 0) is 9.59 Å². The van der Waals surface area contributed by atoms with Gasteiger partial charge in [0.15, 0.2) is 0 Å². The van der Waals surface area contributed by atoms with E-state index in [0.29, 0.717) is 39.0 Å². The van der Waals surface area contributed by atoms with Gasteiger partial charge in [-0.3, -0.25) is 9.59 Å². The molecule has 1 aliphatic heterocycles. The predicted octanol–water partition coefficient (Wildman–Crippen LogP) is 1.58. The molecule has 0 aliphatic carbocycles. The molecule has 2 N–H and O–H groups in total. The average molecular weight is 354 g/mol. The zero-order valence-corrected chi connectivity index (χ0v) is 16.5. The van der Waals surface area contributed by atoms with Crippen molar-refractivity contribution in [3.63, 3.8) is 0 Å². The molecule has 1 unspecified atom stereocenters. The van der Waals surface area contributed by atoms with Crippen LogP contribution in [0, 0.1) is 5.92 Å². The van der Waals surface area contributed by atoms with Gasteiger partial charge in [-0.15, -0.1) is 0 Å². The minimum absolute atomic E-state index is 0.0433. The molecular weight excluding hydrogens is 320 g/mol. The van der Waals surface area contributed by atoms with Crippen LogP contribution in [0.15, 0.2) is 0 Å². The third kappa shape index (κ3) is 6.55. The van der Waals surface area contributed by atoms with E-state index in [4.69, 9.17) is 0 Å². The summed E-state index contributed by atoms with van der Waals surface area (Å²) in [7, 11) is 0. The quantitative estimate of drug-likeness (QED) is 0.786. The molecule has 0 aromatic carbocycles. The first-order valence-corrected chi connectivity index (χ1v) is 9.25. The molecule has 1 atom stereocenters. The standard InChI is InChI=1S/C18H34N4O3/c1-7-21(8-2)17(25)22-11-9-14(10-12-22)16(24)19-13(3)15(23)20-18(4,5)6/h13-14H,7-12H2,1-6H3,(H,19,24)(H,20,23). The number of carbonyl (C=O) groups excluding carboxylic acids is 3. The van der Waals surface area contributed by atoms with Crippen molar-refractivity contribution in [3.8, 4) is 0 Å². The highest BCUT2D eigenvalue weighted by Gasteiger charge is 2.30. The molecule has 0 saturated carbocycles. The lowest BCUT2D eigenvalue weighted by atomic mass is 9.95. The van der Waals surface area contributed by atoms with Gasteiger partial charge >= 0.3 is 6.03 Å². The van der Waals surface area contributed by atoms with Crippen LogP contribution < -0.4 is 10.6 Å². The summed E-state index contributed by atoms with van der Waals surface area (Å²) in [4.78, 5) is 40.4. The van der Waals surface area contributed by atoms with Crippen LogP contribution in [-0.4, -0.2) is 65.4 Å². The van der Waals surface area contributed by atoms with Crippen molar-refractivity contribution in [2.45, 2.75) is 66.0 Å². The van der Waals surface area contributed by atoms with Crippen LogP contribution in [0.5, 0.6) is 0 Å². The molecule has 1 heterocycles. The highest BCUT2D eigenvalue weighted by molar-refractivity contribution is 5.88. The molecule has 0 bridgehead atoms. The monoisotopic (exact) mass is 354 g/mol. The Bertz CT molecular complexity index is 475. The van der Waals surface area contributed by atoms with Crippen molar-refractivity contribution in [1.82, 2.24) is 20.4 Å². The fourth-order valence-electron chi connectivity index (χ4n) is 2.90. The number of hydrogen-bond donors (Lipinski definition) is 2. The van der Waals surface area contributed by atoms with Crippen molar-refractivity contribution in [2.24, 2.45) is 5.92 Å². The number of amides is 4. The summed E-state index contributed by atoms with van der Waals surface area (Å²) in [6, 6.07) is -0.524. The van der Waals surface area contributed by atoms with E-state index in [2.05, 4.69) is 10.6 Å². The number of nitrogens with one attached hydrogen (secondary N) is 2. The van der Waals surface area contributed by atoms with E-state index in [1.165, 1.54) is 0 Å². The van der Waals surface area contributed by atoms with Gasteiger partial charge in [-0.1, -0.05) is 0 Å². The first kappa shape index (κ1) is 21.3. The van der Waals surface area contributed by atoms with E-state index in [-0.39, 0.29) is 29.3 Å². The molecule has 0 aromatic heterocycles. The van der Waals surface area contributed by atoms with Crippen LogP contribution in [0.25, 0.3) is 0 Å². The van der Waals surface area contributed by atoms with Crippen molar-refractivity contribution < 1.29 is 14.4 Å². The number of carbonyl (C=O) groups is 3. The lowest BCUT2D eigenvalue weighted by molar-refractivity contribution is -0.132. The summed E-state index contributed by atoms with van der Waals surface area (Å²) >= 11 is 0. The van der Waals surface area contributed by atoms with Crippen molar-refractivity contribution in [2.75, 3.05) is 26.2 Å². The molecule has 4 amide bonds. The molecule has 0 aromatic rings. The van der Waals surface area contributed by atoms with Crippen LogP contribution in [0.1, 0.15) is 54.4 Å². The van der Waals surface area contributed by atoms with Gasteiger partial charge in [0, 0.05) is 37.6 Å². The van der Waals surface area contributed by atoms with Gasteiger partial charge in [-0.05, 0) is 54.4 Å². The molecule has 1 saturated heterocycles. The van der Waals surface area contributed by atoms with E-state index in [1.807, 2.05) is 39.5 Å². The molecule has 7 nitrogen and oxygen atoms in total. The molecule has 144 valence electrons. The van der Waals surface area contributed by atoms with E-state index >= 15 is 0 Å². The molecule has 1 fully saturated rings. The second-order valence-electron chi connectivity index (χ2n) is 7.69. The molecule has 0 radical (unpaired) electrons. The Hall–Kier alpha value is -1.79. The van der Waals surface area contributed by atoms with Crippen LogP contribution in [0.3, 0.4) is 0 Å². The molecule has 7 heteroatoms. The number of urea groups is 1. The predicted molar refractivity (Wildman–Crippen MR) is 98.1 cm³/mol. The number of nitrogens with zero attached hydrogens (tertiary/aromatic N) is 2. The highest BCUT2D eigenvalue weighted by atomic mass is 16.2. The molecular formula is C18H34N4O3. The van der Waals surface area contributed by atoms with Crippen molar-refractivity contribution in [3.05, 3.63) is 0 Å². The number of hydrogen-bond acceptors (Lipinski definition) is 3. The summed E-state index contributed by atoms with van der Waals surface area (Å²) in [5, 5.41) is 5.66. The normalized spacial score (nSPS) is 17.0. The third-order valence-electron chi connectivity index (χ3n) is 4.42. The number of piperidine rings is 1. The molecule has 1 aliphatic rings. The van der Waals surface area contributed by atoms with E-state index < -0.39 is 6.04 Å². The zero-order valence-electron chi connectivity index (χ0n) is 16.5. The smallest absolute Gasteiger partial charge is 0.319 e. The van der Waals surface area contributed by atoms with Gasteiger partial charge in [0.2, 0.25) is 11.8 Å². The second-order valence-corrected chi connectivity index (χ2v) is 7.69. The van der Waals surface area contributed by atoms with E-state index in [0.717, 1.165) is 0 Å². The van der Waals surface area contributed by atoms with Crippen molar-refractivity contribution >= 4 is 17.8 Å². The third-order valence-corrected chi connectivity index (χ3v) is 4.42. The van der Waals surface area contributed by atoms with Crippen molar-refractivity contribution in [1.29, 1.82) is 0 Å². The molecule has 25 heavy (non-hydrogen) atoms. The van der Waals surface area contributed by atoms with Crippen LogP contribution >= 0.6 is 0 Å². The minimum atomic E-state index is -0.568. The highest BCUT2D eigenvalue weighted by Crippen LogP contribution is 2.19. The Labute approximate surface area is 151 Å². The Balaban J connectivity index is 2.48. The van der Waals surface area contributed by atoms with Gasteiger partial charge < -0.3 is 20.4 Å². The zero-order chi connectivity index (χ0) is 19.2. The first-order valence-electron chi connectivity index (χ1n) is 9.25. The Morgan fingerprint density at radius 3 is 2.08 bits per heavy atom. The maximum Gasteiger partial charge on any atom is 0.319 e. The SMILES string of the molecule is CCN(CC)C(=O)N1CCC(C(=O)NC(C)C(=O)NC(C)(C)C)CC1. The fourth-order valence-corrected chi connectivity index (χ4v) is 2.90. The molecule has 1 rings (SSSR count). The summed E-state index contributed by atoms with van der Waals surface area (Å²) in [6.45, 7) is 13.9. The van der Waals surface area contributed by atoms with Gasteiger partial charge in [-0.2, -0.15) is 0 Å². The van der Waals surface area contributed by atoms with Gasteiger partial charge in [-0.25, -0.2) is 4.79 Å². The van der Waals surface area contributed by atoms with Gasteiger partial charge in [0.05, 0.1) is 0 Å². The number of likely N-dealkylation sites (tertiary alicyclic amines) is 1. The summed E-state index contributed by atoms with van der Waals surface area (Å²) < 4.78 is 0. The van der Waals surface area contributed by atoms with Gasteiger partial charge in [0.25, 0.3) is 0 Å². The summed E-state index contributed by atoms with van der Waals surface area (Å²) in [6.07, 6.45) is 1.26. The molecule has 0 spiro atoms. The average Bonchev–Trinajstić information content (AvgIpc) is 2.54. The maximum atomic E-state index is 12.4. The topological polar surface area (TPSA) is 81.8 Å². The Morgan fingerprint density at radius 2 is 1.64 bits per heavy atom. The van der Waals surface area contributed by atoms with Crippen LogP contribution in [0.2, 0.25) is 0 Å². The summed E-state index contributed by atoms with van der Waals surface area (Å²) in [5.74, 6) is -0.438.